The summed E-state index contributed by atoms with van der Waals surface area (Å²) in [4.78, 5) is 0. The number of hydrogen-bond donors (Lipinski definition) is 0. The highest BCUT2D eigenvalue weighted by Gasteiger charge is 2.21. The van der Waals surface area contributed by atoms with Crippen molar-refractivity contribution in [3.05, 3.63) is 264 Å². The molecule has 0 unspecified atom stereocenters. The third kappa shape index (κ3) is 9.11. The van der Waals surface area contributed by atoms with Crippen molar-refractivity contribution in [2.24, 2.45) is 0 Å². The van der Waals surface area contributed by atoms with Crippen LogP contribution >= 0.6 is 0 Å². The van der Waals surface area contributed by atoms with Gasteiger partial charge in [-0.2, -0.15) is 0 Å². The minimum Gasteiger partial charge on any atom is -0.0622 e. The lowest BCUT2D eigenvalue weighted by molar-refractivity contribution is 1.28. The van der Waals surface area contributed by atoms with Crippen molar-refractivity contribution >= 4 is 10.8 Å². The second kappa shape index (κ2) is 18.4. The molecule has 0 saturated heterocycles. The number of rotatable bonds is 5. The smallest absolute Gasteiger partial charge is 0.000706 e. The molecule has 0 spiro atoms. The van der Waals surface area contributed by atoms with Gasteiger partial charge in [0.2, 0.25) is 0 Å². The average molecular weight is 795 g/mol. The van der Waals surface area contributed by atoms with E-state index in [4.69, 9.17) is 0 Å². The van der Waals surface area contributed by atoms with Crippen LogP contribution in [0.2, 0.25) is 0 Å². The summed E-state index contributed by atoms with van der Waals surface area (Å²) in [6.45, 7) is 6.36. The van der Waals surface area contributed by atoms with Gasteiger partial charge in [-0.05, 0) is 128 Å². The molecule has 0 aliphatic heterocycles. The van der Waals surface area contributed by atoms with Crippen LogP contribution in [-0.2, 0) is 6.42 Å². The molecule has 0 radical (unpaired) electrons. The molecular formula is C62H50. The van der Waals surface area contributed by atoms with E-state index in [1.54, 1.807) is 0 Å². The van der Waals surface area contributed by atoms with Crippen LogP contribution in [-0.4, -0.2) is 0 Å². The zero-order chi connectivity index (χ0) is 42.3. The summed E-state index contributed by atoms with van der Waals surface area (Å²) in [7, 11) is 0. The first-order chi connectivity index (χ1) is 30.4. The van der Waals surface area contributed by atoms with Crippen molar-refractivity contribution in [1.29, 1.82) is 0 Å². The van der Waals surface area contributed by atoms with Crippen LogP contribution in [0.1, 0.15) is 27.8 Å². The van der Waals surface area contributed by atoms with Gasteiger partial charge in [0.15, 0.2) is 0 Å². The molecule has 0 atom stereocenters. The van der Waals surface area contributed by atoms with Gasteiger partial charge in [-0.3, -0.25) is 0 Å². The first-order valence-electron chi connectivity index (χ1n) is 21.6. The lowest BCUT2D eigenvalue weighted by Gasteiger charge is -2.06. The maximum absolute atomic E-state index is 2.37. The molecule has 1 aliphatic carbocycles. The van der Waals surface area contributed by atoms with Gasteiger partial charge in [0.1, 0.15) is 0 Å². The van der Waals surface area contributed by atoms with Gasteiger partial charge in [-0.25, -0.2) is 0 Å². The fourth-order valence-electron chi connectivity index (χ4n) is 8.41. The molecule has 0 aromatic heterocycles. The number of aryl methyl sites for hydroxylation is 3. The molecule has 10 aromatic rings. The van der Waals surface area contributed by atoms with Crippen LogP contribution in [0.25, 0.3) is 77.5 Å². The first kappa shape index (κ1) is 39.9. The van der Waals surface area contributed by atoms with Gasteiger partial charge in [0.25, 0.3) is 0 Å². The van der Waals surface area contributed by atoms with Crippen molar-refractivity contribution in [2.45, 2.75) is 27.2 Å². The Morgan fingerprint density at radius 2 is 0.613 bits per heavy atom. The summed E-state index contributed by atoms with van der Waals surface area (Å²) in [5.41, 5.74) is 22.3. The maximum Gasteiger partial charge on any atom is -0.000706 e. The maximum atomic E-state index is 2.37. The van der Waals surface area contributed by atoms with Gasteiger partial charge in [-0.1, -0.05) is 241 Å². The van der Waals surface area contributed by atoms with Crippen molar-refractivity contribution in [3.63, 3.8) is 0 Å². The Labute approximate surface area is 367 Å². The van der Waals surface area contributed by atoms with E-state index in [1.165, 1.54) is 105 Å². The van der Waals surface area contributed by atoms with E-state index >= 15 is 0 Å². The SMILES string of the molecule is Cc1ccc(-c2ccc3c(c2)Cc2c-3ccc3ccccc23)cc1.Cc1ccc(-c2cccc(-c3ccccc3)c2)cc1.Cc1ccc(-c2cccc(-c3ccccc3)c2)cc1. The van der Waals surface area contributed by atoms with E-state index in [2.05, 4.69) is 245 Å². The summed E-state index contributed by atoms with van der Waals surface area (Å²) < 4.78 is 0. The Balaban J connectivity index is 0.000000120. The number of benzene rings is 10. The highest BCUT2D eigenvalue weighted by molar-refractivity contribution is 5.95. The third-order valence-electron chi connectivity index (χ3n) is 11.9. The van der Waals surface area contributed by atoms with E-state index in [1.807, 2.05) is 12.1 Å². The summed E-state index contributed by atoms with van der Waals surface area (Å²) in [5, 5.41) is 2.73. The zero-order valence-corrected chi connectivity index (χ0v) is 35.7. The minimum atomic E-state index is 1.03. The van der Waals surface area contributed by atoms with E-state index in [0.717, 1.165) is 6.42 Å². The summed E-state index contributed by atoms with van der Waals surface area (Å²) in [5.74, 6) is 0. The van der Waals surface area contributed by atoms with Crippen LogP contribution in [0, 0.1) is 20.8 Å². The molecule has 0 heterocycles. The van der Waals surface area contributed by atoms with Gasteiger partial charge >= 0.3 is 0 Å². The van der Waals surface area contributed by atoms with Gasteiger partial charge in [0.05, 0.1) is 0 Å². The molecule has 0 N–H and O–H groups in total. The second-order valence-corrected chi connectivity index (χ2v) is 16.4. The molecule has 0 fully saturated rings. The summed E-state index contributed by atoms with van der Waals surface area (Å²) in [6, 6.07) is 84.7. The van der Waals surface area contributed by atoms with Crippen LogP contribution in [0.5, 0.6) is 0 Å². The first-order valence-corrected chi connectivity index (χ1v) is 21.6. The predicted octanol–water partition coefficient (Wildman–Crippen LogP) is 17.0. The Morgan fingerprint density at radius 3 is 1.08 bits per heavy atom. The van der Waals surface area contributed by atoms with Crippen molar-refractivity contribution in [3.8, 4) is 66.8 Å². The van der Waals surface area contributed by atoms with Crippen LogP contribution in [0.4, 0.5) is 0 Å². The Bertz CT molecular complexity index is 2940. The fourth-order valence-corrected chi connectivity index (χ4v) is 8.41. The molecular weight excluding hydrogens is 745 g/mol. The third-order valence-corrected chi connectivity index (χ3v) is 11.9. The normalized spacial score (nSPS) is 11.1. The lowest BCUT2D eigenvalue weighted by atomic mass is 9.98. The zero-order valence-electron chi connectivity index (χ0n) is 35.7. The summed E-state index contributed by atoms with van der Waals surface area (Å²) >= 11 is 0. The fraction of sp³-hybridized carbons (Fsp3) is 0.0645. The Kier molecular flexibility index (Phi) is 11.8. The largest absolute Gasteiger partial charge is 0.0622 e. The molecule has 0 nitrogen and oxygen atoms in total. The van der Waals surface area contributed by atoms with E-state index < -0.39 is 0 Å². The molecule has 10 aromatic carbocycles. The number of hydrogen-bond acceptors (Lipinski definition) is 0. The molecule has 0 amide bonds. The van der Waals surface area contributed by atoms with Crippen molar-refractivity contribution in [1.82, 2.24) is 0 Å². The second-order valence-electron chi connectivity index (χ2n) is 16.4. The minimum absolute atomic E-state index is 1.03. The summed E-state index contributed by atoms with van der Waals surface area (Å²) in [6.07, 6.45) is 1.03. The van der Waals surface area contributed by atoms with Gasteiger partial charge < -0.3 is 0 Å². The monoisotopic (exact) mass is 794 g/mol. The highest BCUT2D eigenvalue weighted by atomic mass is 14.2. The van der Waals surface area contributed by atoms with Crippen LogP contribution in [0.3, 0.4) is 0 Å². The molecule has 298 valence electrons. The van der Waals surface area contributed by atoms with Gasteiger partial charge in [-0.15, -0.1) is 0 Å². The topological polar surface area (TPSA) is 0 Å². The van der Waals surface area contributed by atoms with Crippen LogP contribution < -0.4 is 0 Å². The molecule has 11 rings (SSSR count). The van der Waals surface area contributed by atoms with E-state index in [-0.39, 0.29) is 0 Å². The molecule has 62 heavy (non-hydrogen) atoms. The van der Waals surface area contributed by atoms with Crippen molar-refractivity contribution < 1.29 is 0 Å². The Hall–Kier alpha value is -7.54. The molecule has 1 aliphatic rings. The lowest BCUT2D eigenvalue weighted by Crippen LogP contribution is -1.84. The Morgan fingerprint density at radius 1 is 0.258 bits per heavy atom. The van der Waals surface area contributed by atoms with E-state index in [0.29, 0.717) is 0 Å². The molecule has 0 saturated carbocycles. The number of fused-ring (bicyclic) bond motifs is 5. The average Bonchev–Trinajstić information content (AvgIpc) is 3.72. The van der Waals surface area contributed by atoms with Gasteiger partial charge in [0, 0.05) is 0 Å². The van der Waals surface area contributed by atoms with Crippen LogP contribution in [0.15, 0.2) is 237 Å². The molecule has 0 heteroatoms. The van der Waals surface area contributed by atoms with E-state index in [9.17, 15) is 0 Å². The quantitative estimate of drug-likeness (QED) is 0.163. The standard InChI is InChI=1S/C24H18.2C19H16/c1-16-6-8-17(9-7-16)19-11-12-22-20(14-19)15-24-21-5-3-2-4-18(21)10-13-23(22)24;2*1-15-10-12-17(13-11-15)19-9-5-8-18(14-19)16-6-3-2-4-7-16/h2-14H,15H2,1H3;2*2-14H,1H3. The predicted molar refractivity (Wildman–Crippen MR) is 266 cm³/mol. The molecule has 0 bridgehead atoms. The highest BCUT2D eigenvalue weighted by Crippen LogP contribution is 2.42. The van der Waals surface area contributed by atoms with Crippen molar-refractivity contribution in [2.75, 3.05) is 0 Å².